The first-order chi connectivity index (χ1) is 9.54. The van der Waals surface area contributed by atoms with Crippen molar-refractivity contribution in [2.45, 2.75) is 45.6 Å². The Balaban J connectivity index is 0.00000161. The smallest absolute Gasteiger partial charge is 0.251 e. The molecule has 0 heterocycles. The van der Waals surface area contributed by atoms with Gasteiger partial charge in [0, 0.05) is 17.3 Å². The van der Waals surface area contributed by atoms with Crippen LogP contribution in [-0.2, 0) is 0 Å². The molecule has 4 atom stereocenters. The van der Waals surface area contributed by atoms with Crippen LogP contribution in [0, 0.1) is 24.7 Å². The maximum absolute atomic E-state index is 12.4. The molecule has 3 nitrogen and oxygen atoms in total. The van der Waals surface area contributed by atoms with Crippen molar-refractivity contribution in [2.24, 2.45) is 17.8 Å². The number of nitrogen functional groups attached to an aromatic ring is 1. The monoisotopic (exact) mass is 308 g/mol. The molecule has 116 valence electrons. The number of carbonyl (C=O) groups is 1. The highest BCUT2D eigenvalue weighted by Gasteiger charge is 2.42. The molecule has 1 aromatic rings. The van der Waals surface area contributed by atoms with Gasteiger partial charge in [-0.05, 0) is 68.6 Å². The predicted octanol–water partition coefficient (Wildman–Crippen LogP) is 3.55. The first-order valence-corrected chi connectivity index (χ1v) is 7.71. The number of rotatable bonds is 3. The number of hydrogen-bond acceptors (Lipinski definition) is 2. The van der Waals surface area contributed by atoms with Gasteiger partial charge < -0.3 is 11.1 Å². The quantitative estimate of drug-likeness (QED) is 0.839. The average Bonchev–Trinajstić information content (AvgIpc) is 3.03. The molecule has 2 aliphatic carbocycles. The number of halogens is 1. The van der Waals surface area contributed by atoms with Gasteiger partial charge >= 0.3 is 0 Å². The van der Waals surface area contributed by atoms with Crippen molar-refractivity contribution in [3.05, 3.63) is 29.3 Å². The van der Waals surface area contributed by atoms with Gasteiger partial charge in [-0.1, -0.05) is 12.5 Å². The minimum Gasteiger partial charge on any atom is -0.399 e. The number of anilines is 1. The van der Waals surface area contributed by atoms with Crippen molar-refractivity contribution < 1.29 is 4.79 Å². The van der Waals surface area contributed by atoms with E-state index in [1.54, 1.807) is 6.07 Å². The van der Waals surface area contributed by atoms with Crippen molar-refractivity contribution >= 4 is 24.0 Å². The Bertz CT molecular complexity index is 532. The zero-order chi connectivity index (χ0) is 14.3. The fourth-order valence-corrected chi connectivity index (χ4v) is 4.18. The van der Waals surface area contributed by atoms with Crippen LogP contribution >= 0.6 is 12.4 Å². The number of hydrogen-bond donors (Lipinski definition) is 2. The average molecular weight is 309 g/mol. The minimum absolute atomic E-state index is 0. The Kier molecular flexibility index (Phi) is 4.82. The third-order valence-corrected chi connectivity index (χ3v) is 5.30. The normalized spacial score (nSPS) is 28.0. The lowest BCUT2D eigenvalue weighted by Gasteiger charge is -2.28. The Hall–Kier alpha value is -1.22. The molecule has 4 unspecified atom stereocenters. The molecular weight excluding hydrogens is 284 g/mol. The van der Waals surface area contributed by atoms with E-state index in [4.69, 9.17) is 5.73 Å². The third kappa shape index (κ3) is 3.18. The summed E-state index contributed by atoms with van der Waals surface area (Å²) < 4.78 is 0. The van der Waals surface area contributed by atoms with E-state index in [1.807, 2.05) is 19.1 Å². The van der Waals surface area contributed by atoms with Gasteiger partial charge in [-0.3, -0.25) is 4.79 Å². The van der Waals surface area contributed by atoms with E-state index in [-0.39, 0.29) is 24.4 Å². The molecule has 2 bridgehead atoms. The molecule has 2 saturated carbocycles. The van der Waals surface area contributed by atoms with E-state index >= 15 is 0 Å². The number of fused-ring (bicyclic) bond motifs is 2. The highest BCUT2D eigenvalue weighted by Crippen LogP contribution is 2.49. The molecule has 3 N–H and O–H groups in total. The molecular formula is C17H25ClN2O. The second-order valence-electron chi connectivity index (χ2n) is 6.68. The van der Waals surface area contributed by atoms with Crippen LogP contribution in [0.4, 0.5) is 5.69 Å². The van der Waals surface area contributed by atoms with Crippen molar-refractivity contribution in [1.82, 2.24) is 5.32 Å². The number of amides is 1. The van der Waals surface area contributed by atoms with Crippen LogP contribution in [0.5, 0.6) is 0 Å². The summed E-state index contributed by atoms with van der Waals surface area (Å²) in [5.41, 5.74) is 8.13. The van der Waals surface area contributed by atoms with Crippen LogP contribution < -0.4 is 11.1 Å². The summed E-state index contributed by atoms with van der Waals surface area (Å²) in [6.45, 7) is 4.11. The molecule has 1 aromatic carbocycles. The molecule has 0 radical (unpaired) electrons. The summed E-state index contributed by atoms with van der Waals surface area (Å²) in [5, 5.41) is 3.20. The maximum Gasteiger partial charge on any atom is 0.251 e. The van der Waals surface area contributed by atoms with Gasteiger partial charge in [0.05, 0.1) is 0 Å². The van der Waals surface area contributed by atoms with Gasteiger partial charge in [-0.2, -0.15) is 0 Å². The number of aryl methyl sites for hydroxylation is 1. The van der Waals surface area contributed by atoms with Crippen molar-refractivity contribution in [1.29, 1.82) is 0 Å². The molecule has 21 heavy (non-hydrogen) atoms. The summed E-state index contributed by atoms with van der Waals surface area (Å²) in [7, 11) is 0. The standard InChI is InChI=1S/C17H24N2O.ClH/c1-10-3-6-14(18)9-15(10)17(20)19-11(2)16-8-12-4-5-13(16)7-12;/h3,6,9,11-13,16H,4-5,7-8,18H2,1-2H3,(H,19,20);1H. The topological polar surface area (TPSA) is 55.1 Å². The van der Waals surface area contributed by atoms with Gasteiger partial charge in [-0.25, -0.2) is 0 Å². The van der Waals surface area contributed by atoms with Crippen LogP contribution in [0.15, 0.2) is 18.2 Å². The molecule has 0 spiro atoms. The fourth-order valence-electron chi connectivity index (χ4n) is 4.18. The Labute approximate surface area is 133 Å². The molecule has 1 amide bonds. The molecule has 4 heteroatoms. The first-order valence-electron chi connectivity index (χ1n) is 7.71. The molecule has 0 aromatic heterocycles. The highest BCUT2D eigenvalue weighted by molar-refractivity contribution is 5.96. The Morgan fingerprint density at radius 1 is 1.33 bits per heavy atom. The predicted molar refractivity (Wildman–Crippen MR) is 88.7 cm³/mol. The molecule has 2 fully saturated rings. The van der Waals surface area contributed by atoms with E-state index in [0.717, 1.165) is 17.4 Å². The van der Waals surface area contributed by atoms with Gasteiger partial charge in [0.1, 0.15) is 0 Å². The summed E-state index contributed by atoms with van der Waals surface area (Å²) in [6.07, 6.45) is 5.42. The highest BCUT2D eigenvalue weighted by atomic mass is 35.5. The summed E-state index contributed by atoms with van der Waals surface area (Å²) in [4.78, 5) is 12.4. The molecule has 2 aliphatic rings. The molecule has 0 saturated heterocycles. The minimum atomic E-state index is 0. The second kappa shape index (κ2) is 6.27. The van der Waals surface area contributed by atoms with E-state index < -0.39 is 0 Å². The van der Waals surface area contributed by atoms with Crippen LogP contribution in [0.3, 0.4) is 0 Å². The summed E-state index contributed by atoms with van der Waals surface area (Å²) in [6, 6.07) is 5.79. The van der Waals surface area contributed by atoms with E-state index in [0.29, 0.717) is 17.2 Å². The summed E-state index contributed by atoms with van der Waals surface area (Å²) in [5.74, 6) is 2.43. The SMILES string of the molecule is Cc1ccc(N)cc1C(=O)NC(C)C1CC2CCC1C2.Cl. The van der Waals surface area contributed by atoms with Crippen molar-refractivity contribution in [3.8, 4) is 0 Å². The second-order valence-corrected chi connectivity index (χ2v) is 6.68. The lowest BCUT2D eigenvalue weighted by atomic mass is 9.84. The zero-order valence-corrected chi connectivity index (χ0v) is 13.6. The van der Waals surface area contributed by atoms with E-state index in [9.17, 15) is 4.79 Å². The first kappa shape index (κ1) is 16.2. The van der Waals surface area contributed by atoms with Gasteiger partial charge in [0.2, 0.25) is 0 Å². The summed E-state index contributed by atoms with van der Waals surface area (Å²) >= 11 is 0. The number of carbonyl (C=O) groups excluding carboxylic acids is 1. The lowest BCUT2D eigenvalue weighted by molar-refractivity contribution is 0.0914. The maximum atomic E-state index is 12.4. The van der Waals surface area contributed by atoms with Gasteiger partial charge in [0.15, 0.2) is 0 Å². The molecule has 0 aliphatic heterocycles. The number of nitrogens with one attached hydrogen (secondary N) is 1. The van der Waals surface area contributed by atoms with Crippen LogP contribution in [-0.4, -0.2) is 11.9 Å². The van der Waals surface area contributed by atoms with Crippen molar-refractivity contribution in [2.75, 3.05) is 5.73 Å². The van der Waals surface area contributed by atoms with Crippen LogP contribution in [0.2, 0.25) is 0 Å². The fraction of sp³-hybridized carbons (Fsp3) is 0.588. The number of nitrogens with two attached hydrogens (primary N) is 1. The van der Waals surface area contributed by atoms with E-state index in [2.05, 4.69) is 12.2 Å². The van der Waals surface area contributed by atoms with Gasteiger partial charge in [0.25, 0.3) is 5.91 Å². The largest absolute Gasteiger partial charge is 0.399 e. The van der Waals surface area contributed by atoms with Crippen LogP contribution in [0.25, 0.3) is 0 Å². The third-order valence-electron chi connectivity index (χ3n) is 5.30. The van der Waals surface area contributed by atoms with Crippen LogP contribution in [0.1, 0.15) is 48.5 Å². The number of benzene rings is 1. The Morgan fingerprint density at radius 2 is 2.10 bits per heavy atom. The molecule has 3 rings (SSSR count). The van der Waals surface area contributed by atoms with Crippen molar-refractivity contribution in [3.63, 3.8) is 0 Å². The van der Waals surface area contributed by atoms with E-state index in [1.165, 1.54) is 25.7 Å². The lowest BCUT2D eigenvalue weighted by Crippen LogP contribution is -2.40. The van der Waals surface area contributed by atoms with Gasteiger partial charge in [-0.15, -0.1) is 12.4 Å². The Morgan fingerprint density at radius 3 is 2.71 bits per heavy atom. The zero-order valence-electron chi connectivity index (χ0n) is 12.8.